The van der Waals surface area contributed by atoms with Gasteiger partial charge in [0.05, 0.1) is 13.2 Å². The molecule has 5 N–H and O–H groups in total. The van der Waals surface area contributed by atoms with Crippen LogP contribution in [0.3, 0.4) is 0 Å². The molecule has 8 nitrogen and oxygen atoms in total. The van der Waals surface area contributed by atoms with Crippen LogP contribution in [0.1, 0.15) is 2.85 Å². The molecule has 0 aromatic heterocycles. The largest absolute Gasteiger partial charge is 2.00 e. The fourth-order valence-corrected chi connectivity index (χ4v) is 1.07. The monoisotopic (exact) mass is 284 g/mol. The molecular formula is C6H15CaNO7P+. The van der Waals surface area contributed by atoms with E-state index in [2.05, 4.69) is 9.05 Å². The average molecular weight is 284 g/mol. The zero-order valence-corrected chi connectivity index (χ0v) is 11.6. The maximum Gasteiger partial charge on any atom is 2.00 e. The van der Waals surface area contributed by atoms with Crippen molar-refractivity contribution in [3.8, 4) is 0 Å². The molecule has 0 aliphatic rings. The van der Waals surface area contributed by atoms with E-state index in [4.69, 9.17) is 21.1 Å². The second-order valence-corrected chi connectivity index (χ2v) is 3.44. The van der Waals surface area contributed by atoms with E-state index in [-0.39, 0.29) is 40.6 Å². The fraction of sp³-hybridized carbons (Fsp3) is 0.833. The Kier molecular flexibility index (Phi) is 12.8. The smallest absolute Gasteiger partial charge is 1.00 e. The summed E-state index contributed by atoms with van der Waals surface area (Å²) in [6.45, 7) is -1.64. The number of aliphatic hydroxyl groups excluding tert-OH is 3. The molecule has 0 fully saturated rings. The molecule has 92 valence electrons. The molecule has 0 amide bonds. The molecule has 0 aliphatic carbocycles. The number of rotatable bonds is 7. The quantitative estimate of drug-likeness (QED) is 0.303. The Hall–Kier alpha value is 0.630. The summed E-state index contributed by atoms with van der Waals surface area (Å²) in [5, 5.41) is 25.6. The van der Waals surface area contributed by atoms with E-state index in [1.54, 1.807) is 0 Å². The third kappa shape index (κ3) is 8.74. The molecule has 3 atom stereocenters. The van der Waals surface area contributed by atoms with Gasteiger partial charge in [0.1, 0.15) is 18.8 Å². The summed E-state index contributed by atoms with van der Waals surface area (Å²) in [6.07, 6.45) is -1.20. The maximum absolute atomic E-state index is 10.8. The van der Waals surface area contributed by atoms with Gasteiger partial charge in [-0.05, 0) is 0 Å². The van der Waals surface area contributed by atoms with E-state index < -0.39 is 46.2 Å². The number of hydrogen-bond acceptors (Lipinski definition) is 8. The second-order valence-electron chi connectivity index (χ2n) is 2.56. The molecule has 10 heteroatoms. The number of carbonyl (C=O) groups excluding carboxylic acids is 1. The Morgan fingerprint density at radius 2 is 2.00 bits per heavy atom. The van der Waals surface area contributed by atoms with Gasteiger partial charge in [-0.1, -0.05) is 0 Å². The molecule has 0 rings (SSSR count). The van der Waals surface area contributed by atoms with Gasteiger partial charge in [-0.2, -0.15) is 4.52 Å². The molecule has 0 bridgehead atoms. The summed E-state index contributed by atoms with van der Waals surface area (Å²) in [6, 6.07) is -1.28. The van der Waals surface area contributed by atoms with E-state index in [0.717, 1.165) is 0 Å². The summed E-state index contributed by atoms with van der Waals surface area (Å²) >= 11 is 0. The predicted octanol–water partition coefficient (Wildman–Crippen LogP) is -2.28. The fourth-order valence-electron chi connectivity index (χ4n) is 0.442. The van der Waals surface area contributed by atoms with Gasteiger partial charge in [-0.15, -0.1) is 4.52 Å². The van der Waals surface area contributed by atoms with E-state index in [9.17, 15) is 9.36 Å². The molecular weight excluding hydrogens is 269 g/mol. The van der Waals surface area contributed by atoms with Crippen molar-refractivity contribution in [3.63, 3.8) is 0 Å². The van der Waals surface area contributed by atoms with Gasteiger partial charge in [-0.25, -0.2) is 4.79 Å². The van der Waals surface area contributed by atoms with Crippen LogP contribution in [-0.2, 0) is 18.4 Å². The summed E-state index contributed by atoms with van der Waals surface area (Å²) in [5.41, 5.74) is 5.05. The maximum atomic E-state index is 10.8. The van der Waals surface area contributed by atoms with Crippen LogP contribution in [0.15, 0.2) is 0 Å². The minimum Gasteiger partial charge on any atom is -1.00 e. The van der Waals surface area contributed by atoms with Crippen molar-refractivity contribution < 1.29 is 36.6 Å². The number of aliphatic hydroxyl groups is 3. The Bertz CT molecular complexity index is 238. The van der Waals surface area contributed by atoms with E-state index in [1.807, 2.05) is 0 Å². The third-order valence-corrected chi connectivity index (χ3v) is 1.94. The molecule has 2 unspecified atom stereocenters. The van der Waals surface area contributed by atoms with Gasteiger partial charge in [0.25, 0.3) is 0 Å². The van der Waals surface area contributed by atoms with Gasteiger partial charge >= 0.3 is 52.0 Å². The van der Waals surface area contributed by atoms with Gasteiger partial charge in [0.15, 0.2) is 0 Å². The minimum absolute atomic E-state index is 0. The first kappa shape index (κ1) is 19.0. The Labute approximate surface area is 126 Å². The molecule has 0 aromatic rings. The molecule has 0 aromatic carbocycles. The van der Waals surface area contributed by atoms with Crippen molar-refractivity contribution in [3.05, 3.63) is 0 Å². The number of hydrogen-bond donors (Lipinski definition) is 4. The predicted molar refractivity (Wildman–Crippen MR) is 55.8 cm³/mol. The average Bonchev–Trinajstić information content (AvgIpc) is 2.24. The third-order valence-electron chi connectivity index (χ3n) is 1.25. The Morgan fingerprint density at radius 1 is 1.44 bits per heavy atom. The molecule has 0 saturated heterocycles. The van der Waals surface area contributed by atoms with E-state index in [0.29, 0.717) is 0 Å². The minimum atomic E-state index is -2.76. The van der Waals surface area contributed by atoms with Crippen LogP contribution < -0.4 is 5.73 Å². The Balaban J connectivity index is -0.000000327. The van der Waals surface area contributed by atoms with Crippen LogP contribution >= 0.6 is 8.25 Å². The van der Waals surface area contributed by atoms with Crippen molar-refractivity contribution in [1.29, 1.82) is 0 Å². The molecule has 16 heavy (non-hydrogen) atoms. The van der Waals surface area contributed by atoms with Crippen LogP contribution in [-0.4, -0.2) is 91.0 Å². The van der Waals surface area contributed by atoms with Crippen LogP contribution in [0.4, 0.5) is 0 Å². The van der Waals surface area contributed by atoms with E-state index in [1.165, 1.54) is 0 Å². The van der Waals surface area contributed by atoms with Crippen LogP contribution in [0.2, 0.25) is 0 Å². The topological polar surface area (TPSA) is 139 Å². The standard InChI is InChI=1S/C6H13NO7P.Ca.2H/c7-5(2-9)6(11)14-15(12)13-3-4(10)1-8;;;/h4-5,8-10H,1-3,7H2;;;/q+1;+2;2*-1/t4?,5-;;;/m0.../s1. The molecule has 0 heterocycles. The van der Waals surface area contributed by atoms with Crippen molar-refractivity contribution in [2.75, 3.05) is 19.8 Å². The summed E-state index contributed by atoms with van der Waals surface area (Å²) < 4.78 is 19.4. The Morgan fingerprint density at radius 3 is 2.44 bits per heavy atom. The van der Waals surface area contributed by atoms with Gasteiger partial charge in [0.2, 0.25) is 0 Å². The van der Waals surface area contributed by atoms with Crippen LogP contribution in [0.25, 0.3) is 0 Å². The van der Waals surface area contributed by atoms with Crippen molar-refractivity contribution in [2.24, 2.45) is 5.73 Å². The number of nitrogens with two attached hydrogens (primary N) is 1. The summed E-state index contributed by atoms with van der Waals surface area (Å²) in [7, 11) is -2.76. The first-order valence-electron chi connectivity index (χ1n) is 3.98. The molecule has 0 radical (unpaired) electrons. The SMILES string of the molecule is N[C@@H](CO)C(=O)O[P+](=O)OCC(O)CO.[Ca+2].[H-].[H-]. The van der Waals surface area contributed by atoms with Gasteiger partial charge in [-0.3, -0.25) is 0 Å². The first-order chi connectivity index (χ1) is 7.01. The van der Waals surface area contributed by atoms with Crippen molar-refractivity contribution in [2.45, 2.75) is 12.1 Å². The van der Waals surface area contributed by atoms with Crippen molar-refractivity contribution >= 4 is 52.0 Å². The van der Waals surface area contributed by atoms with Crippen molar-refractivity contribution in [1.82, 2.24) is 0 Å². The first-order valence-corrected chi connectivity index (χ1v) is 5.08. The molecule has 0 aliphatic heterocycles. The van der Waals surface area contributed by atoms with Crippen LogP contribution in [0, 0.1) is 0 Å². The normalized spacial score (nSPS) is 14.6. The zero-order valence-electron chi connectivity index (χ0n) is 10.5. The number of carbonyl (C=O) groups is 1. The molecule has 0 saturated carbocycles. The molecule has 0 spiro atoms. The van der Waals surface area contributed by atoms with E-state index >= 15 is 0 Å². The van der Waals surface area contributed by atoms with Gasteiger partial charge < -0.3 is 23.9 Å². The zero-order chi connectivity index (χ0) is 11.8. The van der Waals surface area contributed by atoms with Crippen LogP contribution in [0.5, 0.6) is 0 Å². The second kappa shape index (κ2) is 10.8. The summed E-state index contributed by atoms with van der Waals surface area (Å²) in [5.74, 6) is -1.07. The summed E-state index contributed by atoms with van der Waals surface area (Å²) in [4.78, 5) is 10.8. The van der Waals surface area contributed by atoms with Gasteiger partial charge in [0, 0.05) is 4.57 Å².